The van der Waals surface area contributed by atoms with E-state index in [-0.39, 0.29) is 11.4 Å². The molecule has 26 heavy (non-hydrogen) atoms. The molecule has 2 aromatic carbocycles. The van der Waals surface area contributed by atoms with Gasteiger partial charge in [0, 0.05) is 17.3 Å². The molecule has 0 bridgehead atoms. The van der Waals surface area contributed by atoms with Crippen LogP contribution in [0.4, 0.5) is 11.4 Å². The van der Waals surface area contributed by atoms with E-state index in [1.807, 2.05) is 6.07 Å². The van der Waals surface area contributed by atoms with Crippen molar-refractivity contribution in [3.63, 3.8) is 0 Å². The topological polar surface area (TPSA) is 123 Å². The van der Waals surface area contributed by atoms with Gasteiger partial charge in [-0.25, -0.2) is 5.43 Å². The largest absolute Gasteiger partial charge is 0.490 e. The Morgan fingerprint density at radius 3 is 2.58 bits per heavy atom. The number of carbonyl (C=O) groups is 2. The van der Waals surface area contributed by atoms with Gasteiger partial charge in [0.25, 0.3) is 0 Å². The van der Waals surface area contributed by atoms with E-state index in [1.165, 1.54) is 31.5 Å². The molecule has 0 heterocycles. The lowest BCUT2D eigenvalue weighted by molar-refractivity contribution is -0.385. The number of hydrogen-bond donors (Lipinski definition) is 2. The number of nitrogens with zero attached hydrogens (tertiary/aromatic N) is 2. The van der Waals surface area contributed by atoms with Crippen molar-refractivity contribution in [3.8, 4) is 5.75 Å². The van der Waals surface area contributed by atoms with Crippen molar-refractivity contribution in [1.82, 2.24) is 5.43 Å². The first-order valence-corrected chi connectivity index (χ1v) is 7.45. The fraction of sp³-hybridized carbons (Fsp3) is 0.118. The average molecular weight is 356 g/mol. The van der Waals surface area contributed by atoms with Crippen LogP contribution in [0.2, 0.25) is 0 Å². The first kappa shape index (κ1) is 18.6. The van der Waals surface area contributed by atoms with Crippen molar-refractivity contribution < 1.29 is 19.2 Å². The summed E-state index contributed by atoms with van der Waals surface area (Å²) < 4.78 is 4.89. The number of nitrogens with one attached hydrogen (secondary N) is 2. The predicted octanol–water partition coefficient (Wildman–Crippen LogP) is 2.00. The third kappa shape index (κ3) is 4.63. The summed E-state index contributed by atoms with van der Waals surface area (Å²) in [5.41, 5.74) is 3.51. The summed E-state index contributed by atoms with van der Waals surface area (Å²) in [5, 5.41) is 17.1. The van der Waals surface area contributed by atoms with Crippen molar-refractivity contribution in [1.29, 1.82) is 0 Å². The van der Waals surface area contributed by atoms with Crippen LogP contribution in [-0.4, -0.2) is 30.1 Å². The smallest absolute Gasteiger partial charge is 0.329 e. The van der Waals surface area contributed by atoms with Crippen molar-refractivity contribution in [2.75, 3.05) is 12.4 Å². The first-order chi connectivity index (χ1) is 12.4. The molecule has 9 nitrogen and oxygen atoms in total. The minimum Gasteiger partial charge on any atom is -0.490 e. The van der Waals surface area contributed by atoms with Gasteiger partial charge < -0.3 is 10.1 Å². The van der Waals surface area contributed by atoms with Crippen LogP contribution >= 0.6 is 0 Å². The monoisotopic (exact) mass is 356 g/mol. The van der Waals surface area contributed by atoms with Crippen molar-refractivity contribution in [2.24, 2.45) is 5.10 Å². The van der Waals surface area contributed by atoms with Gasteiger partial charge in [0.1, 0.15) is 0 Å². The molecule has 2 rings (SSSR count). The van der Waals surface area contributed by atoms with Gasteiger partial charge in [0.05, 0.1) is 18.2 Å². The molecule has 0 aromatic heterocycles. The average Bonchev–Trinajstić information content (AvgIpc) is 2.63. The number of aryl methyl sites for hydroxylation is 1. The van der Waals surface area contributed by atoms with Crippen LogP contribution < -0.4 is 15.5 Å². The maximum Gasteiger partial charge on any atom is 0.329 e. The highest BCUT2D eigenvalue weighted by Crippen LogP contribution is 2.26. The second-order valence-electron chi connectivity index (χ2n) is 5.16. The van der Waals surface area contributed by atoms with Crippen LogP contribution in [0.25, 0.3) is 0 Å². The molecule has 9 heteroatoms. The number of rotatable bonds is 5. The van der Waals surface area contributed by atoms with E-state index in [0.29, 0.717) is 11.3 Å². The Labute approximate surface area is 148 Å². The molecule has 2 amide bonds. The summed E-state index contributed by atoms with van der Waals surface area (Å²) in [4.78, 5) is 34.0. The van der Waals surface area contributed by atoms with Gasteiger partial charge in [0.2, 0.25) is 0 Å². The standard InChI is InChI=1S/C17H16N4O5/c1-11-5-3-4-6-13(11)19-16(22)17(23)20-18-10-12-7-8-15(26-2)14(9-12)21(24)25/h3-10H,1-2H3,(H,19,22)(H,20,23)/b18-10-. The highest BCUT2D eigenvalue weighted by atomic mass is 16.6. The number of amides is 2. The Bertz CT molecular complexity index is 879. The fourth-order valence-electron chi connectivity index (χ4n) is 2.04. The number of anilines is 1. The molecular formula is C17H16N4O5. The quantitative estimate of drug-likeness (QED) is 0.367. The second kappa shape index (κ2) is 8.38. The van der Waals surface area contributed by atoms with Crippen molar-refractivity contribution >= 4 is 29.4 Å². The molecule has 0 unspecified atom stereocenters. The van der Waals surface area contributed by atoms with Crippen molar-refractivity contribution in [3.05, 3.63) is 63.7 Å². The molecule has 0 saturated carbocycles. The van der Waals surface area contributed by atoms with Gasteiger partial charge in [-0.2, -0.15) is 5.10 Å². The lowest BCUT2D eigenvalue weighted by Gasteiger charge is -2.06. The minimum absolute atomic E-state index is 0.105. The van der Waals surface area contributed by atoms with E-state index in [4.69, 9.17) is 4.74 Å². The molecule has 0 aliphatic heterocycles. The molecule has 134 valence electrons. The Kier molecular flexibility index (Phi) is 5.99. The highest BCUT2D eigenvalue weighted by Gasteiger charge is 2.15. The summed E-state index contributed by atoms with van der Waals surface area (Å²) in [6.07, 6.45) is 1.19. The zero-order chi connectivity index (χ0) is 19.1. The Morgan fingerprint density at radius 1 is 1.19 bits per heavy atom. The number of ether oxygens (including phenoxy) is 1. The third-order valence-electron chi connectivity index (χ3n) is 3.38. The number of hydrazone groups is 1. The summed E-state index contributed by atoms with van der Waals surface area (Å²) in [6.45, 7) is 1.79. The number of benzene rings is 2. The van der Waals surface area contributed by atoms with Crippen LogP contribution in [0.1, 0.15) is 11.1 Å². The van der Waals surface area contributed by atoms with Crippen LogP contribution in [0, 0.1) is 17.0 Å². The fourth-order valence-corrected chi connectivity index (χ4v) is 2.04. The van der Waals surface area contributed by atoms with Gasteiger partial charge in [-0.3, -0.25) is 19.7 Å². The van der Waals surface area contributed by atoms with Crippen LogP contribution in [0.3, 0.4) is 0 Å². The number of nitro benzene ring substituents is 1. The van der Waals surface area contributed by atoms with E-state index in [0.717, 1.165) is 5.56 Å². The summed E-state index contributed by atoms with van der Waals surface area (Å²) >= 11 is 0. The second-order valence-corrected chi connectivity index (χ2v) is 5.16. The number of nitro groups is 1. The highest BCUT2D eigenvalue weighted by molar-refractivity contribution is 6.39. The van der Waals surface area contributed by atoms with Gasteiger partial charge >= 0.3 is 17.5 Å². The van der Waals surface area contributed by atoms with E-state index in [1.54, 1.807) is 25.1 Å². The number of carbonyl (C=O) groups excluding carboxylic acids is 2. The maximum absolute atomic E-state index is 11.8. The lowest BCUT2D eigenvalue weighted by Crippen LogP contribution is -2.32. The lowest BCUT2D eigenvalue weighted by atomic mass is 10.2. The molecule has 2 N–H and O–H groups in total. The molecule has 2 aromatic rings. The molecule has 0 aliphatic carbocycles. The summed E-state index contributed by atoms with van der Waals surface area (Å²) in [5.74, 6) is -1.74. The molecule has 0 aliphatic rings. The van der Waals surface area contributed by atoms with E-state index in [9.17, 15) is 19.7 Å². The molecular weight excluding hydrogens is 340 g/mol. The summed E-state index contributed by atoms with van der Waals surface area (Å²) in [7, 11) is 1.32. The Hall–Kier alpha value is -3.75. The van der Waals surface area contributed by atoms with Gasteiger partial charge in [-0.15, -0.1) is 0 Å². The van der Waals surface area contributed by atoms with E-state index < -0.39 is 16.7 Å². The Balaban J connectivity index is 2.00. The van der Waals surface area contributed by atoms with Gasteiger partial charge in [-0.1, -0.05) is 18.2 Å². The minimum atomic E-state index is -0.965. The number of para-hydroxylation sites is 1. The normalized spacial score (nSPS) is 10.4. The zero-order valence-corrected chi connectivity index (χ0v) is 14.1. The maximum atomic E-state index is 11.8. The van der Waals surface area contributed by atoms with Gasteiger partial charge in [-0.05, 0) is 30.7 Å². The number of hydrogen-bond acceptors (Lipinski definition) is 6. The SMILES string of the molecule is COc1ccc(/C=N\NC(=O)C(=O)Nc2ccccc2C)cc1[N+](=O)[O-]. The third-order valence-corrected chi connectivity index (χ3v) is 3.38. The zero-order valence-electron chi connectivity index (χ0n) is 14.1. The predicted molar refractivity (Wildman–Crippen MR) is 95.2 cm³/mol. The van der Waals surface area contributed by atoms with Crippen molar-refractivity contribution in [2.45, 2.75) is 6.92 Å². The molecule has 0 saturated heterocycles. The molecule has 0 atom stereocenters. The number of methoxy groups -OCH3 is 1. The molecule has 0 radical (unpaired) electrons. The van der Waals surface area contributed by atoms with Gasteiger partial charge in [0.15, 0.2) is 5.75 Å². The first-order valence-electron chi connectivity index (χ1n) is 7.45. The molecule has 0 fully saturated rings. The molecule has 0 spiro atoms. The van der Waals surface area contributed by atoms with Crippen LogP contribution in [0.5, 0.6) is 5.75 Å². The van der Waals surface area contributed by atoms with Crippen LogP contribution in [-0.2, 0) is 9.59 Å². The Morgan fingerprint density at radius 2 is 1.92 bits per heavy atom. The van der Waals surface area contributed by atoms with E-state index >= 15 is 0 Å². The van der Waals surface area contributed by atoms with Crippen LogP contribution in [0.15, 0.2) is 47.6 Å². The van der Waals surface area contributed by atoms with E-state index in [2.05, 4.69) is 15.8 Å². The summed E-state index contributed by atoms with van der Waals surface area (Å²) in [6, 6.07) is 11.2.